The predicted molar refractivity (Wildman–Crippen MR) is 99.7 cm³/mol. The molecule has 0 radical (unpaired) electrons. The summed E-state index contributed by atoms with van der Waals surface area (Å²) in [5.41, 5.74) is 4.56. The van der Waals surface area contributed by atoms with E-state index in [4.69, 9.17) is 0 Å². The molecule has 0 saturated heterocycles. The lowest BCUT2D eigenvalue weighted by Gasteiger charge is -2.24. The van der Waals surface area contributed by atoms with Crippen molar-refractivity contribution in [3.05, 3.63) is 76.9 Å². The number of halogens is 1. The Hall–Kier alpha value is -2.33. The molecule has 1 saturated carbocycles. The Bertz CT molecular complexity index is 733. The molecule has 122 valence electrons. The Labute approximate surface area is 144 Å². The Morgan fingerprint density at radius 1 is 0.833 bits per heavy atom. The van der Waals surface area contributed by atoms with Crippen LogP contribution in [0.15, 0.2) is 54.6 Å². The summed E-state index contributed by atoms with van der Waals surface area (Å²) in [4.78, 5) is 0. The van der Waals surface area contributed by atoms with Gasteiger partial charge in [0.1, 0.15) is 6.17 Å². The van der Waals surface area contributed by atoms with Crippen molar-refractivity contribution >= 4 is 6.08 Å². The molecule has 0 bridgehead atoms. The van der Waals surface area contributed by atoms with Gasteiger partial charge < -0.3 is 0 Å². The van der Waals surface area contributed by atoms with Gasteiger partial charge in [-0.05, 0) is 73.9 Å². The highest BCUT2D eigenvalue weighted by Gasteiger charge is 2.21. The summed E-state index contributed by atoms with van der Waals surface area (Å²) < 4.78 is 13.2. The molecule has 2 aromatic rings. The van der Waals surface area contributed by atoms with E-state index in [1.807, 2.05) is 25.1 Å². The monoisotopic (exact) mass is 318 g/mol. The summed E-state index contributed by atoms with van der Waals surface area (Å²) in [5, 5.41) is 0. The third-order valence-corrected chi connectivity index (χ3v) is 4.66. The van der Waals surface area contributed by atoms with Crippen LogP contribution in [0.3, 0.4) is 0 Å². The smallest absolute Gasteiger partial charge is 0.100 e. The molecule has 0 nitrogen and oxygen atoms in total. The second-order valence-electron chi connectivity index (χ2n) is 6.44. The predicted octanol–water partition coefficient (Wildman–Crippen LogP) is 6.12. The Balaban J connectivity index is 1.66. The second kappa shape index (κ2) is 7.97. The van der Waals surface area contributed by atoms with Crippen LogP contribution in [-0.4, -0.2) is 6.17 Å². The number of hydrogen-bond acceptors (Lipinski definition) is 0. The van der Waals surface area contributed by atoms with Gasteiger partial charge in [-0.1, -0.05) is 48.3 Å². The first-order valence-electron chi connectivity index (χ1n) is 8.73. The summed E-state index contributed by atoms with van der Waals surface area (Å²) in [6.07, 6.45) is 6.85. The van der Waals surface area contributed by atoms with Crippen LogP contribution in [0.25, 0.3) is 6.08 Å². The molecule has 0 amide bonds. The van der Waals surface area contributed by atoms with E-state index in [0.717, 1.165) is 24.0 Å². The minimum Gasteiger partial charge on any atom is -0.247 e. The highest BCUT2D eigenvalue weighted by atomic mass is 19.1. The molecule has 2 aromatic carbocycles. The maximum Gasteiger partial charge on any atom is 0.100 e. The summed E-state index contributed by atoms with van der Waals surface area (Å²) in [5.74, 6) is 6.95. The first-order valence-corrected chi connectivity index (χ1v) is 8.73. The highest BCUT2D eigenvalue weighted by molar-refractivity contribution is 5.52. The van der Waals surface area contributed by atoms with Gasteiger partial charge in [-0.15, -0.1) is 0 Å². The van der Waals surface area contributed by atoms with Gasteiger partial charge in [0.2, 0.25) is 0 Å². The second-order valence-corrected chi connectivity index (χ2v) is 6.44. The molecule has 0 aromatic heterocycles. The Morgan fingerprint density at radius 2 is 1.38 bits per heavy atom. The average molecular weight is 318 g/mol. The van der Waals surface area contributed by atoms with E-state index in [-0.39, 0.29) is 0 Å². The van der Waals surface area contributed by atoms with Crippen LogP contribution < -0.4 is 0 Å². The van der Waals surface area contributed by atoms with E-state index in [2.05, 4.69) is 54.3 Å². The molecule has 1 fully saturated rings. The van der Waals surface area contributed by atoms with Gasteiger partial charge in [-0.3, -0.25) is 0 Å². The molecule has 1 heteroatoms. The molecule has 0 unspecified atom stereocenters. The van der Waals surface area contributed by atoms with Crippen molar-refractivity contribution in [2.24, 2.45) is 0 Å². The summed E-state index contributed by atoms with van der Waals surface area (Å²) >= 11 is 0. The van der Waals surface area contributed by atoms with Gasteiger partial charge >= 0.3 is 0 Å². The third kappa shape index (κ3) is 4.36. The van der Waals surface area contributed by atoms with Crippen LogP contribution in [0.1, 0.15) is 60.8 Å². The molecule has 1 aliphatic rings. The minimum absolute atomic E-state index is 0.512. The van der Waals surface area contributed by atoms with Gasteiger partial charge in [-0.25, -0.2) is 4.39 Å². The van der Waals surface area contributed by atoms with E-state index in [0.29, 0.717) is 18.8 Å². The molecular formula is C23H23F. The highest BCUT2D eigenvalue weighted by Crippen LogP contribution is 2.33. The fourth-order valence-corrected chi connectivity index (χ4v) is 3.24. The zero-order valence-electron chi connectivity index (χ0n) is 14.1. The normalized spacial score (nSPS) is 20.6. The molecule has 1 aliphatic carbocycles. The van der Waals surface area contributed by atoms with Crippen LogP contribution in [-0.2, 0) is 0 Å². The quantitative estimate of drug-likeness (QED) is 0.586. The Morgan fingerprint density at radius 3 is 1.92 bits per heavy atom. The van der Waals surface area contributed by atoms with Crippen LogP contribution in [0, 0.1) is 11.8 Å². The first kappa shape index (κ1) is 16.5. The van der Waals surface area contributed by atoms with E-state index in [1.54, 1.807) is 0 Å². The lowest BCUT2D eigenvalue weighted by Crippen LogP contribution is -2.13. The number of allylic oxidation sites excluding steroid dienone is 1. The molecule has 24 heavy (non-hydrogen) atoms. The third-order valence-electron chi connectivity index (χ3n) is 4.66. The number of hydrogen-bond donors (Lipinski definition) is 0. The lowest BCUT2D eigenvalue weighted by molar-refractivity contribution is 0.235. The molecule has 3 rings (SSSR count). The van der Waals surface area contributed by atoms with Crippen molar-refractivity contribution in [3.63, 3.8) is 0 Å². The van der Waals surface area contributed by atoms with Crippen molar-refractivity contribution < 1.29 is 4.39 Å². The van der Waals surface area contributed by atoms with Gasteiger partial charge in [0.15, 0.2) is 0 Å². The maximum absolute atomic E-state index is 13.2. The minimum atomic E-state index is -0.592. The summed E-state index contributed by atoms with van der Waals surface area (Å²) in [6, 6.07) is 16.7. The molecular weight excluding hydrogens is 295 g/mol. The van der Waals surface area contributed by atoms with E-state index >= 15 is 0 Å². The SMILES string of the molecule is CC=Cc1ccc(C#Cc2ccc(C3CCC(F)CC3)cc2)cc1. The van der Waals surface area contributed by atoms with Gasteiger partial charge in [0, 0.05) is 11.1 Å². The van der Waals surface area contributed by atoms with Crippen molar-refractivity contribution in [2.45, 2.75) is 44.7 Å². The van der Waals surface area contributed by atoms with Gasteiger partial charge in [-0.2, -0.15) is 0 Å². The van der Waals surface area contributed by atoms with Gasteiger partial charge in [0.25, 0.3) is 0 Å². The van der Waals surface area contributed by atoms with Crippen LogP contribution in [0.2, 0.25) is 0 Å². The topological polar surface area (TPSA) is 0 Å². The largest absolute Gasteiger partial charge is 0.247 e. The van der Waals surface area contributed by atoms with Crippen LogP contribution in [0.4, 0.5) is 4.39 Å². The van der Waals surface area contributed by atoms with Crippen molar-refractivity contribution in [3.8, 4) is 11.8 Å². The van der Waals surface area contributed by atoms with E-state index < -0.39 is 6.17 Å². The molecule has 0 heterocycles. The number of alkyl halides is 1. The zero-order valence-corrected chi connectivity index (χ0v) is 14.1. The van der Waals surface area contributed by atoms with Crippen molar-refractivity contribution in [2.75, 3.05) is 0 Å². The first-order chi connectivity index (χ1) is 11.7. The lowest BCUT2D eigenvalue weighted by atomic mass is 9.83. The van der Waals surface area contributed by atoms with Gasteiger partial charge in [0.05, 0.1) is 0 Å². The van der Waals surface area contributed by atoms with Crippen LogP contribution in [0.5, 0.6) is 0 Å². The van der Waals surface area contributed by atoms with Crippen molar-refractivity contribution in [1.29, 1.82) is 0 Å². The summed E-state index contributed by atoms with van der Waals surface area (Å²) in [7, 11) is 0. The Kier molecular flexibility index (Phi) is 5.49. The van der Waals surface area contributed by atoms with Crippen molar-refractivity contribution in [1.82, 2.24) is 0 Å². The standard InChI is InChI=1S/C23H23F/c1-2-3-18-4-6-19(7-5-18)8-9-20-10-12-21(13-11-20)22-14-16-23(24)17-15-22/h2-7,10-13,22-23H,14-17H2,1H3. The summed E-state index contributed by atoms with van der Waals surface area (Å²) in [6.45, 7) is 2.01. The fraction of sp³-hybridized carbons (Fsp3) is 0.304. The number of benzene rings is 2. The maximum atomic E-state index is 13.2. The fourth-order valence-electron chi connectivity index (χ4n) is 3.24. The number of rotatable bonds is 2. The molecule has 0 spiro atoms. The van der Waals surface area contributed by atoms with E-state index in [1.165, 1.54) is 11.1 Å². The molecule has 0 aliphatic heterocycles. The average Bonchev–Trinajstić information content (AvgIpc) is 2.63. The molecule has 0 N–H and O–H groups in total. The van der Waals surface area contributed by atoms with E-state index in [9.17, 15) is 4.39 Å². The molecule has 0 atom stereocenters. The zero-order chi connectivity index (χ0) is 16.8. The van der Waals surface area contributed by atoms with Crippen LogP contribution >= 0.6 is 0 Å².